The summed E-state index contributed by atoms with van der Waals surface area (Å²) in [6.07, 6.45) is 1.28. The molecule has 0 saturated carbocycles. The van der Waals surface area contributed by atoms with Crippen LogP contribution in [0.1, 0.15) is 24.7 Å². The van der Waals surface area contributed by atoms with Crippen molar-refractivity contribution in [1.29, 1.82) is 0 Å². The molecule has 0 radical (unpaired) electrons. The highest BCUT2D eigenvalue weighted by Gasteiger charge is 2.32. The van der Waals surface area contributed by atoms with Gasteiger partial charge in [-0.1, -0.05) is 48.9 Å². The maximum absolute atomic E-state index is 12.0. The summed E-state index contributed by atoms with van der Waals surface area (Å²) in [5.74, 6) is 1.27. The van der Waals surface area contributed by atoms with Gasteiger partial charge in [-0.05, 0) is 55.0 Å². The SMILES string of the molecule is CCN(Cn1nc(Cc2ccccc2)n(-c2ccc(Cl)cc2)c1=S)[C@@H]1CCS(=O)(=O)C1. The van der Waals surface area contributed by atoms with Gasteiger partial charge in [0.1, 0.15) is 5.82 Å². The predicted molar refractivity (Wildman–Crippen MR) is 126 cm³/mol. The highest BCUT2D eigenvalue weighted by molar-refractivity contribution is 7.91. The standard InChI is InChI=1S/C22H25ClN4O2S2/c1-2-25(20-12-13-31(28,29)15-20)16-26-22(30)27(19-10-8-18(23)9-11-19)21(24-26)14-17-6-4-3-5-7-17/h3-11,20H,2,12-16H2,1H3/t20-/m1/s1. The van der Waals surface area contributed by atoms with E-state index in [9.17, 15) is 8.42 Å². The van der Waals surface area contributed by atoms with Crippen LogP contribution in [0.15, 0.2) is 54.6 Å². The first-order valence-corrected chi connectivity index (χ1v) is 12.9. The summed E-state index contributed by atoms with van der Waals surface area (Å²) in [5.41, 5.74) is 2.04. The molecule has 1 atom stereocenters. The van der Waals surface area contributed by atoms with E-state index >= 15 is 0 Å². The molecule has 1 saturated heterocycles. The van der Waals surface area contributed by atoms with Gasteiger partial charge in [-0.25, -0.2) is 13.1 Å². The van der Waals surface area contributed by atoms with Crippen molar-refractivity contribution in [2.75, 3.05) is 18.1 Å². The third kappa shape index (κ3) is 5.09. The highest BCUT2D eigenvalue weighted by Crippen LogP contribution is 2.21. The molecule has 31 heavy (non-hydrogen) atoms. The Balaban J connectivity index is 1.70. The van der Waals surface area contributed by atoms with Gasteiger partial charge < -0.3 is 0 Å². The number of halogens is 1. The minimum absolute atomic E-state index is 0.00449. The zero-order valence-electron chi connectivity index (χ0n) is 17.3. The second-order valence-electron chi connectivity index (χ2n) is 7.78. The molecular weight excluding hydrogens is 452 g/mol. The van der Waals surface area contributed by atoms with Crippen molar-refractivity contribution >= 4 is 33.7 Å². The Bertz CT molecular complexity index is 1200. The molecule has 0 bridgehead atoms. The van der Waals surface area contributed by atoms with Crippen molar-refractivity contribution < 1.29 is 8.42 Å². The van der Waals surface area contributed by atoms with Gasteiger partial charge in [-0.2, -0.15) is 5.10 Å². The van der Waals surface area contributed by atoms with Crippen molar-refractivity contribution in [3.05, 3.63) is 75.8 Å². The summed E-state index contributed by atoms with van der Waals surface area (Å²) in [7, 11) is -2.96. The van der Waals surface area contributed by atoms with E-state index in [1.54, 1.807) is 4.68 Å². The van der Waals surface area contributed by atoms with E-state index in [4.69, 9.17) is 28.9 Å². The number of nitrogens with zero attached hydrogens (tertiary/aromatic N) is 4. The van der Waals surface area contributed by atoms with Gasteiger partial charge in [0.2, 0.25) is 4.77 Å². The van der Waals surface area contributed by atoms with Crippen LogP contribution in [0.2, 0.25) is 5.02 Å². The quantitative estimate of drug-likeness (QED) is 0.480. The van der Waals surface area contributed by atoms with E-state index in [0.717, 1.165) is 23.6 Å². The molecule has 1 fully saturated rings. The van der Waals surface area contributed by atoms with Crippen molar-refractivity contribution in [1.82, 2.24) is 19.2 Å². The molecule has 0 amide bonds. The van der Waals surface area contributed by atoms with Crippen LogP contribution in [0.5, 0.6) is 0 Å². The normalized spacial score (nSPS) is 18.0. The third-order valence-electron chi connectivity index (χ3n) is 5.64. The summed E-state index contributed by atoms with van der Waals surface area (Å²) < 4.78 is 28.3. The number of aromatic nitrogens is 3. The van der Waals surface area contributed by atoms with Crippen LogP contribution in [0.25, 0.3) is 5.69 Å². The Morgan fingerprint density at radius 2 is 1.87 bits per heavy atom. The molecule has 1 aliphatic heterocycles. The van der Waals surface area contributed by atoms with Crippen molar-refractivity contribution in [2.24, 2.45) is 0 Å². The first-order chi connectivity index (χ1) is 14.9. The lowest BCUT2D eigenvalue weighted by Gasteiger charge is -2.26. The summed E-state index contributed by atoms with van der Waals surface area (Å²) in [6.45, 7) is 3.22. The van der Waals surface area contributed by atoms with Gasteiger partial charge in [-0.3, -0.25) is 9.47 Å². The monoisotopic (exact) mass is 476 g/mol. The maximum atomic E-state index is 12.0. The molecule has 2 heterocycles. The summed E-state index contributed by atoms with van der Waals surface area (Å²) >= 11 is 11.9. The molecule has 6 nitrogen and oxygen atoms in total. The third-order valence-corrected chi connectivity index (χ3v) is 8.04. The molecule has 1 aromatic heterocycles. The fraction of sp³-hybridized carbons (Fsp3) is 0.364. The average molecular weight is 477 g/mol. The Hall–Kier alpha value is -2.00. The first kappa shape index (κ1) is 22.2. The van der Waals surface area contributed by atoms with Crippen LogP contribution in [-0.2, 0) is 22.9 Å². The zero-order valence-corrected chi connectivity index (χ0v) is 19.7. The number of sulfone groups is 1. The van der Waals surface area contributed by atoms with E-state index in [1.807, 2.05) is 54.0 Å². The van der Waals surface area contributed by atoms with Crippen molar-refractivity contribution in [3.8, 4) is 5.69 Å². The van der Waals surface area contributed by atoms with Crippen LogP contribution < -0.4 is 0 Å². The number of hydrogen-bond donors (Lipinski definition) is 0. The molecule has 0 spiro atoms. The molecule has 0 unspecified atom stereocenters. The fourth-order valence-corrected chi connectivity index (χ4v) is 6.19. The second kappa shape index (κ2) is 9.24. The van der Waals surface area contributed by atoms with E-state index in [0.29, 0.717) is 29.3 Å². The first-order valence-electron chi connectivity index (χ1n) is 10.3. The second-order valence-corrected chi connectivity index (χ2v) is 10.8. The van der Waals surface area contributed by atoms with Crippen LogP contribution >= 0.6 is 23.8 Å². The number of hydrogen-bond acceptors (Lipinski definition) is 5. The van der Waals surface area contributed by atoms with Gasteiger partial charge in [0.25, 0.3) is 0 Å². The minimum Gasteiger partial charge on any atom is -0.281 e. The molecule has 2 aromatic carbocycles. The van der Waals surface area contributed by atoms with E-state index in [2.05, 4.69) is 17.0 Å². The molecule has 1 aliphatic rings. The summed E-state index contributed by atoms with van der Waals surface area (Å²) in [6, 6.07) is 17.7. The maximum Gasteiger partial charge on any atom is 0.203 e. The van der Waals surface area contributed by atoms with Crippen LogP contribution in [0, 0.1) is 4.77 Å². The molecule has 0 N–H and O–H groups in total. The highest BCUT2D eigenvalue weighted by atomic mass is 35.5. The van der Waals surface area contributed by atoms with Crippen molar-refractivity contribution in [3.63, 3.8) is 0 Å². The lowest BCUT2D eigenvalue weighted by molar-refractivity contribution is 0.163. The van der Waals surface area contributed by atoms with E-state index < -0.39 is 9.84 Å². The lowest BCUT2D eigenvalue weighted by Crippen LogP contribution is -2.37. The topological polar surface area (TPSA) is 60.1 Å². The zero-order chi connectivity index (χ0) is 22.0. The van der Waals surface area contributed by atoms with Crippen LogP contribution in [0.3, 0.4) is 0 Å². The largest absolute Gasteiger partial charge is 0.281 e. The minimum atomic E-state index is -2.96. The summed E-state index contributed by atoms with van der Waals surface area (Å²) in [4.78, 5) is 2.14. The van der Waals surface area contributed by atoms with Gasteiger partial charge in [0, 0.05) is 23.2 Å². The Morgan fingerprint density at radius 1 is 1.16 bits per heavy atom. The van der Waals surface area contributed by atoms with E-state index in [1.165, 1.54) is 0 Å². The van der Waals surface area contributed by atoms with Crippen LogP contribution in [-0.4, -0.2) is 51.8 Å². The Kier molecular flexibility index (Phi) is 6.62. The molecule has 3 aromatic rings. The van der Waals surface area contributed by atoms with E-state index in [-0.39, 0.29) is 17.5 Å². The predicted octanol–water partition coefficient (Wildman–Crippen LogP) is 4.11. The molecule has 164 valence electrons. The Morgan fingerprint density at radius 3 is 2.48 bits per heavy atom. The van der Waals surface area contributed by atoms with Gasteiger partial charge in [0.05, 0.1) is 18.2 Å². The Labute approximate surface area is 193 Å². The smallest absolute Gasteiger partial charge is 0.203 e. The van der Waals surface area contributed by atoms with Gasteiger partial charge in [-0.15, -0.1) is 0 Å². The summed E-state index contributed by atoms with van der Waals surface area (Å²) in [5, 5.41) is 5.51. The molecule has 0 aliphatic carbocycles. The average Bonchev–Trinajstić information content (AvgIpc) is 3.26. The van der Waals surface area contributed by atoms with Gasteiger partial charge >= 0.3 is 0 Å². The lowest BCUT2D eigenvalue weighted by atomic mass is 10.1. The number of rotatable bonds is 7. The fourth-order valence-electron chi connectivity index (χ4n) is 4.00. The molecule has 4 rings (SSSR count). The van der Waals surface area contributed by atoms with Crippen molar-refractivity contribution in [2.45, 2.75) is 32.5 Å². The van der Waals surface area contributed by atoms with Gasteiger partial charge in [0.15, 0.2) is 9.84 Å². The number of benzene rings is 2. The molecular formula is C22H25ClN4O2S2. The molecule has 9 heteroatoms. The van der Waals surface area contributed by atoms with Crippen LogP contribution in [0.4, 0.5) is 0 Å².